The van der Waals surface area contributed by atoms with Gasteiger partial charge in [-0.1, -0.05) is 26.2 Å². The third-order valence-electron chi connectivity index (χ3n) is 5.02. The molecule has 0 spiro atoms. The van der Waals surface area contributed by atoms with E-state index in [4.69, 9.17) is 4.99 Å². The molecule has 28 heavy (non-hydrogen) atoms. The maximum atomic E-state index is 4.79. The Labute approximate surface area is 188 Å². The highest BCUT2D eigenvalue weighted by molar-refractivity contribution is 14.0. The number of aromatic nitrogens is 1. The van der Waals surface area contributed by atoms with E-state index in [2.05, 4.69) is 65.4 Å². The molecule has 2 rings (SSSR count). The van der Waals surface area contributed by atoms with E-state index in [0.29, 0.717) is 12.6 Å². The number of guanidine groups is 1. The van der Waals surface area contributed by atoms with Gasteiger partial charge in [0.05, 0.1) is 6.54 Å². The van der Waals surface area contributed by atoms with Gasteiger partial charge in [-0.15, -0.1) is 24.0 Å². The molecule has 0 aliphatic carbocycles. The highest BCUT2D eigenvalue weighted by atomic mass is 127. The Morgan fingerprint density at radius 3 is 2.64 bits per heavy atom. The molecule has 1 fully saturated rings. The summed E-state index contributed by atoms with van der Waals surface area (Å²) in [7, 11) is 2.18. The Kier molecular flexibility index (Phi) is 12.5. The van der Waals surface area contributed by atoms with Crippen LogP contribution in [0.1, 0.15) is 52.0 Å². The Balaban J connectivity index is 0.00000392. The zero-order chi connectivity index (χ0) is 19.5. The average molecular weight is 502 g/mol. The van der Waals surface area contributed by atoms with Gasteiger partial charge in [0.25, 0.3) is 0 Å². The van der Waals surface area contributed by atoms with Crippen molar-refractivity contribution in [1.29, 1.82) is 0 Å². The number of unbranched alkanes of at least 4 members (excludes halogenated alkanes) is 2. The van der Waals surface area contributed by atoms with E-state index in [1.165, 1.54) is 31.2 Å². The Morgan fingerprint density at radius 2 is 1.96 bits per heavy atom. The van der Waals surface area contributed by atoms with Gasteiger partial charge in [0.1, 0.15) is 5.82 Å². The van der Waals surface area contributed by atoms with Crippen LogP contribution in [0, 0.1) is 0 Å². The number of rotatable bonds is 9. The average Bonchev–Trinajstić information content (AvgIpc) is 2.67. The summed E-state index contributed by atoms with van der Waals surface area (Å²) in [5.41, 5.74) is 1.20. The third-order valence-corrected chi connectivity index (χ3v) is 5.02. The van der Waals surface area contributed by atoms with Crippen LogP contribution in [-0.2, 0) is 6.54 Å². The molecule has 1 aliphatic rings. The van der Waals surface area contributed by atoms with E-state index in [1.807, 2.05) is 6.20 Å². The number of nitrogens with one attached hydrogen (secondary N) is 2. The quantitative estimate of drug-likeness (QED) is 0.235. The predicted molar refractivity (Wildman–Crippen MR) is 131 cm³/mol. The van der Waals surface area contributed by atoms with Crippen molar-refractivity contribution >= 4 is 35.8 Å². The molecule has 7 heteroatoms. The number of halogens is 1. The molecular formula is C21H39IN6. The maximum Gasteiger partial charge on any atom is 0.191 e. The van der Waals surface area contributed by atoms with Crippen LogP contribution in [0.15, 0.2) is 23.3 Å². The van der Waals surface area contributed by atoms with Crippen molar-refractivity contribution in [1.82, 2.24) is 20.5 Å². The Morgan fingerprint density at radius 1 is 1.21 bits per heavy atom. The molecule has 0 bridgehead atoms. The fourth-order valence-electron chi connectivity index (χ4n) is 3.26. The van der Waals surface area contributed by atoms with Crippen LogP contribution in [0.5, 0.6) is 0 Å². The molecule has 0 aromatic carbocycles. The monoisotopic (exact) mass is 502 g/mol. The number of hydrogen-bond donors (Lipinski definition) is 2. The van der Waals surface area contributed by atoms with Gasteiger partial charge in [0.15, 0.2) is 5.96 Å². The van der Waals surface area contributed by atoms with E-state index in [0.717, 1.165) is 44.5 Å². The van der Waals surface area contributed by atoms with E-state index in [9.17, 15) is 0 Å². The number of nitrogens with zero attached hydrogens (tertiary/aromatic N) is 4. The fraction of sp³-hybridized carbons (Fsp3) is 0.714. The Hall–Kier alpha value is -1.09. The number of piperazine rings is 1. The van der Waals surface area contributed by atoms with Crippen molar-refractivity contribution < 1.29 is 0 Å². The molecule has 1 aromatic rings. The van der Waals surface area contributed by atoms with Crippen molar-refractivity contribution in [2.45, 2.75) is 59.0 Å². The zero-order valence-electron chi connectivity index (χ0n) is 18.1. The molecule has 160 valence electrons. The lowest BCUT2D eigenvalue weighted by molar-refractivity contribution is 0.312. The molecule has 1 unspecified atom stereocenters. The minimum Gasteiger partial charge on any atom is -0.357 e. The highest BCUT2D eigenvalue weighted by Gasteiger charge is 2.15. The van der Waals surface area contributed by atoms with Crippen LogP contribution in [0.2, 0.25) is 0 Å². The number of anilines is 1. The number of pyridine rings is 1. The standard InChI is InChI=1S/C21H38N6.HI/c1-5-7-8-9-18(3)25-21(22-6-2)24-17-19-10-11-23-20(16-19)27-14-12-26(4)13-15-27;/h10-11,16,18H,5-9,12-15,17H2,1-4H3,(H2,22,24,25);1H. The van der Waals surface area contributed by atoms with Crippen molar-refractivity contribution in [2.75, 3.05) is 44.7 Å². The molecule has 6 nitrogen and oxygen atoms in total. The third kappa shape index (κ3) is 8.94. The first kappa shape index (κ1) is 24.9. The smallest absolute Gasteiger partial charge is 0.191 e. The van der Waals surface area contributed by atoms with Crippen molar-refractivity contribution in [3.8, 4) is 0 Å². The van der Waals surface area contributed by atoms with Crippen LogP contribution < -0.4 is 15.5 Å². The molecule has 0 amide bonds. The molecular weight excluding hydrogens is 463 g/mol. The minimum atomic E-state index is 0. The number of aliphatic imine (C=N–C) groups is 1. The van der Waals surface area contributed by atoms with Gasteiger partial charge in [0, 0.05) is 45.0 Å². The summed E-state index contributed by atoms with van der Waals surface area (Å²) < 4.78 is 0. The van der Waals surface area contributed by atoms with Gasteiger partial charge >= 0.3 is 0 Å². The van der Waals surface area contributed by atoms with Crippen molar-refractivity contribution in [3.05, 3.63) is 23.9 Å². The molecule has 1 saturated heterocycles. The second-order valence-corrected chi connectivity index (χ2v) is 7.55. The molecule has 2 heterocycles. The zero-order valence-corrected chi connectivity index (χ0v) is 20.4. The molecule has 0 saturated carbocycles. The summed E-state index contributed by atoms with van der Waals surface area (Å²) in [6.07, 6.45) is 6.92. The summed E-state index contributed by atoms with van der Waals surface area (Å²) in [6.45, 7) is 12.4. The molecule has 0 radical (unpaired) electrons. The summed E-state index contributed by atoms with van der Waals surface area (Å²) in [6, 6.07) is 4.69. The van der Waals surface area contributed by atoms with Gasteiger partial charge in [-0.2, -0.15) is 0 Å². The largest absolute Gasteiger partial charge is 0.357 e. The lowest BCUT2D eigenvalue weighted by Crippen LogP contribution is -2.44. The topological polar surface area (TPSA) is 55.8 Å². The molecule has 1 aromatic heterocycles. The van der Waals surface area contributed by atoms with Crippen LogP contribution in [-0.4, -0.2) is 61.7 Å². The van der Waals surface area contributed by atoms with Gasteiger partial charge in [-0.3, -0.25) is 0 Å². The van der Waals surface area contributed by atoms with Gasteiger partial charge < -0.3 is 20.4 Å². The summed E-state index contributed by atoms with van der Waals surface area (Å²) in [4.78, 5) is 14.1. The maximum absolute atomic E-state index is 4.79. The van der Waals surface area contributed by atoms with Crippen LogP contribution in [0.25, 0.3) is 0 Å². The SMILES string of the molecule is CCCCCC(C)NC(=NCc1ccnc(N2CCN(C)CC2)c1)NCC.I. The van der Waals surface area contributed by atoms with E-state index in [-0.39, 0.29) is 24.0 Å². The second kappa shape index (κ2) is 14.0. The van der Waals surface area contributed by atoms with Gasteiger partial charge in [-0.25, -0.2) is 9.98 Å². The normalized spacial score (nSPS) is 16.4. The predicted octanol–water partition coefficient (Wildman–Crippen LogP) is 3.48. The van der Waals surface area contributed by atoms with Crippen LogP contribution in [0.3, 0.4) is 0 Å². The summed E-state index contributed by atoms with van der Waals surface area (Å²) >= 11 is 0. The molecule has 1 aliphatic heterocycles. The lowest BCUT2D eigenvalue weighted by atomic mass is 10.1. The highest BCUT2D eigenvalue weighted by Crippen LogP contribution is 2.15. The van der Waals surface area contributed by atoms with Gasteiger partial charge in [0.2, 0.25) is 0 Å². The van der Waals surface area contributed by atoms with Crippen LogP contribution >= 0.6 is 24.0 Å². The Bertz CT molecular complexity index is 572. The molecule has 2 N–H and O–H groups in total. The molecule has 1 atom stereocenters. The van der Waals surface area contributed by atoms with Crippen molar-refractivity contribution in [3.63, 3.8) is 0 Å². The summed E-state index contributed by atoms with van der Waals surface area (Å²) in [5, 5.41) is 6.90. The van der Waals surface area contributed by atoms with E-state index >= 15 is 0 Å². The first-order valence-electron chi connectivity index (χ1n) is 10.6. The second-order valence-electron chi connectivity index (χ2n) is 7.55. The first-order chi connectivity index (χ1) is 13.1. The van der Waals surface area contributed by atoms with Crippen molar-refractivity contribution in [2.24, 2.45) is 4.99 Å². The van der Waals surface area contributed by atoms with E-state index in [1.54, 1.807) is 0 Å². The summed E-state index contributed by atoms with van der Waals surface area (Å²) in [5.74, 6) is 1.97. The number of likely N-dealkylation sites (N-methyl/N-ethyl adjacent to an activating group) is 1. The first-order valence-corrected chi connectivity index (χ1v) is 10.6. The lowest BCUT2D eigenvalue weighted by Gasteiger charge is -2.33. The fourth-order valence-corrected chi connectivity index (χ4v) is 3.26. The van der Waals surface area contributed by atoms with Crippen LogP contribution in [0.4, 0.5) is 5.82 Å². The van der Waals surface area contributed by atoms with E-state index < -0.39 is 0 Å². The number of hydrogen-bond acceptors (Lipinski definition) is 4. The minimum absolute atomic E-state index is 0. The van der Waals surface area contributed by atoms with Gasteiger partial charge in [-0.05, 0) is 45.0 Å².